The van der Waals surface area contributed by atoms with Crippen LogP contribution in [-0.2, 0) is 17.6 Å². The Morgan fingerprint density at radius 3 is 2.84 bits per heavy atom. The quantitative estimate of drug-likeness (QED) is 0.834. The Morgan fingerprint density at radius 1 is 1.32 bits per heavy atom. The lowest BCUT2D eigenvalue weighted by molar-refractivity contribution is 0.0885. The van der Waals surface area contributed by atoms with Gasteiger partial charge in [0, 0.05) is 5.56 Å². The molecule has 0 spiro atoms. The van der Waals surface area contributed by atoms with Gasteiger partial charge in [0.1, 0.15) is 0 Å². The number of amides is 1. The van der Waals surface area contributed by atoms with Crippen LogP contribution in [0.5, 0.6) is 0 Å². The summed E-state index contributed by atoms with van der Waals surface area (Å²) in [6.07, 6.45) is 2.57. The smallest absolute Gasteiger partial charge is 0.251 e. The van der Waals surface area contributed by atoms with Crippen molar-refractivity contribution < 1.29 is 14.6 Å². The fourth-order valence-corrected chi connectivity index (χ4v) is 3.03. The van der Waals surface area contributed by atoms with E-state index in [1.165, 1.54) is 16.7 Å². The van der Waals surface area contributed by atoms with Crippen molar-refractivity contribution in [2.75, 3.05) is 13.2 Å². The number of aliphatic hydroxyl groups excluding tert-OH is 1. The molecule has 0 saturated carbocycles. The van der Waals surface area contributed by atoms with Gasteiger partial charge in [-0.25, -0.2) is 0 Å². The number of fused-ring (bicyclic) bond motifs is 1. The van der Waals surface area contributed by atoms with E-state index in [0.29, 0.717) is 13.2 Å². The van der Waals surface area contributed by atoms with Gasteiger partial charge in [-0.1, -0.05) is 6.07 Å². The molecule has 0 unspecified atom stereocenters. The average Bonchev–Trinajstić information content (AvgIpc) is 3.00. The maximum absolute atomic E-state index is 12.3. The van der Waals surface area contributed by atoms with Crippen molar-refractivity contribution in [1.82, 2.24) is 5.32 Å². The van der Waals surface area contributed by atoms with E-state index < -0.39 is 6.10 Å². The first-order valence-corrected chi connectivity index (χ1v) is 6.85. The van der Waals surface area contributed by atoms with Crippen LogP contribution in [0.1, 0.15) is 33.5 Å². The van der Waals surface area contributed by atoms with Crippen LogP contribution in [0.3, 0.4) is 0 Å². The Labute approximate surface area is 112 Å². The van der Waals surface area contributed by atoms with E-state index in [0.717, 1.165) is 24.8 Å². The molecule has 4 nitrogen and oxygen atoms in total. The van der Waals surface area contributed by atoms with E-state index in [4.69, 9.17) is 4.74 Å². The van der Waals surface area contributed by atoms with Gasteiger partial charge in [0.25, 0.3) is 5.91 Å². The maximum atomic E-state index is 12.3. The van der Waals surface area contributed by atoms with Crippen LogP contribution >= 0.6 is 0 Å². The first kappa shape index (κ1) is 12.6. The molecule has 102 valence electrons. The van der Waals surface area contributed by atoms with Gasteiger partial charge in [-0.15, -0.1) is 0 Å². The third-order valence-corrected chi connectivity index (χ3v) is 4.13. The lowest BCUT2D eigenvalue weighted by Crippen LogP contribution is -2.42. The number of benzene rings is 1. The second kappa shape index (κ2) is 4.94. The Kier molecular flexibility index (Phi) is 3.29. The number of ether oxygens (including phenoxy) is 1. The minimum atomic E-state index is -0.595. The summed E-state index contributed by atoms with van der Waals surface area (Å²) in [7, 11) is 0. The van der Waals surface area contributed by atoms with Gasteiger partial charge in [0.05, 0.1) is 25.4 Å². The highest BCUT2D eigenvalue weighted by Crippen LogP contribution is 2.28. The van der Waals surface area contributed by atoms with Crippen molar-refractivity contribution in [2.45, 2.75) is 38.3 Å². The van der Waals surface area contributed by atoms with Gasteiger partial charge in [-0.05, 0) is 48.9 Å². The molecule has 1 aromatic rings. The van der Waals surface area contributed by atoms with Crippen LogP contribution in [0, 0.1) is 6.92 Å². The number of hydrogen-bond donors (Lipinski definition) is 2. The number of aryl methyl sites for hydroxylation is 1. The Balaban J connectivity index is 1.82. The van der Waals surface area contributed by atoms with Crippen LogP contribution in [0.2, 0.25) is 0 Å². The zero-order chi connectivity index (χ0) is 13.4. The summed E-state index contributed by atoms with van der Waals surface area (Å²) in [6.45, 7) is 2.79. The molecule has 1 aliphatic carbocycles. The fraction of sp³-hybridized carbons (Fsp3) is 0.533. The molecule has 4 heteroatoms. The van der Waals surface area contributed by atoms with Crippen molar-refractivity contribution in [2.24, 2.45) is 0 Å². The summed E-state index contributed by atoms with van der Waals surface area (Å²) in [6, 6.07) is 3.63. The number of rotatable bonds is 2. The number of aliphatic hydroxyl groups is 1. The molecular weight excluding hydrogens is 242 g/mol. The predicted molar refractivity (Wildman–Crippen MR) is 71.3 cm³/mol. The Bertz CT molecular complexity index is 512. The summed E-state index contributed by atoms with van der Waals surface area (Å²) in [5.74, 6) is -0.0901. The molecular formula is C15H19NO3. The highest BCUT2D eigenvalue weighted by Gasteiger charge is 2.29. The lowest BCUT2D eigenvalue weighted by atomic mass is 9.98. The first-order chi connectivity index (χ1) is 9.16. The van der Waals surface area contributed by atoms with Crippen molar-refractivity contribution in [3.05, 3.63) is 34.4 Å². The second-order valence-electron chi connectivity index (χ2n) is 5.43. The summed E-state index contributed by atoms with van der Waals surface area (Å²) >= 11 is 0. The number of carbonyl (C=O) groups is 1. The highest BCUT2D eigenvalue weighted by atomic mass is 16.5. The van der Waals surface area contributed by atoms with E-state index in [-0.39, 0.29) is 11.9 Å². The van der Waals surface area contributed by atoms with Crippen molar-refractivity contribution in [1.29, 1.82) is 0 Å². The van der Waals surface area contributed by atoms with Gasteiger partial charge < -0.3 is 15.2 Å². The van der Waals surface area contributed by atoms with E-state index >= 15 is 0 Å². The molecule has 3 rings (SSSR count). The van der Waals surface area contributed by atoms with Gasteiger partial charge in [0.2, 0.25) is 0 Å². The normalized spacial score (nSPS) is 25.4. The predicted octanol–water partition coefficient (Wildman–Crippen LogP) is 0.973. The SMILES string of the molecule is Cc1ccc(C(=O)N[C@@H]2COC[C@H]2O)c2c1CCC2. The van der Waals surface area contributed by atoms with Crippen molar-refractivity contribution in [3.63, 3.8) is 0 Å². The summed E-state index contributed by atoms with van der Waals surface area (Å²) in [5.41, 5.74) is 4.55. The van der Waals surface area contributed by atoms with Crippen molar-refractivity contribution in [3.8, 4) is 0 Å². The van der Waals surface area contributed by atoms with Crippen LogP contribution < -0.4 is 5.32 Å². The second-order valence-corrected chi connectivity index (χ2v) is 5.43. The summed E-state index contributed by atoms with van der Waals surface area (Å²) in [5, 5.41) is 12.6. The van der Waals surface area contributed by atoms with Crippen LogP contribution in [0.15, 0.2) is 12.1 Å². The first-order valence-electron chi connectivity index (χ1n) is 6.85. The lowest BCUT2D eigenvalue weighted by Gasteiger charge is -2.16. The molecule has 1 fully saturated rings. The molecule has 0 bridgehead atoms. The Morgan fingerprint density at radius 2 is 2.11 bits per heavy atom. The molecule has 2 N–H and O–H groups in total. The van der Waals surface area contributed by atoms with Gasteiger partial charge in [-0.2, -0.15) is 0 Å². The molecule has 1 heterocycles. The van der Waals surface area contributed by atoms with Crippen LogP contribution in [0.4, 0.5) is 0 Å². The highest BCUT2D eigenvalue weighted by molar-refractivity contribution is 5.96. The third kappa shape index (κ3) is 2.26. The van der Waals surface area contributed by atoms with E-state index in [1.807, 2.05) is 12.1 Å². The maximum Gasteiger partial charge on any atom is 0.251 e. The van der Waals surface area contributed by atoms with Gasteiger partial charge in [0.15, 0.2) is 0 Å². The molecule has 19 heavy (non-hydrogen) atoms. The topological polar surface area (TPSA) is 58.6 Å². The average molecular weight is 261 g/mol. The van der Waals surface area contributed by atoms with Crippen LogP contribution in [-0.4, -0.2) is 36.4 Å². The van der Waals surface area contributed by atoms with Crippen LogP contribution in [0.25, 0.3) is 0 Å². The Hall–Kier alpha value is -1.39. The van der Waals surface area contributed by atoms with Gasteiger partial charge in [-0.3, -0.25) is 4.79 Å². The standard InChI is InChI=1S/C15H19NO3/c1-9-5-6-12(11-4-2-3-10(9)11)15(18)16-13-7-19-8-14(13)17/h5-6,13-14,17H,2-4,7-8H2,1H3,(H,16,18)/t13-,14-/m1/s1. The minimum absolute atomic E-state index is 0.0901. The molecule has 0 aromatic heterocycles. The molecule has 1 aromatic carbocycles. The number of carbonyl (C=O) groups excluding carboxylic acids is 1. The summed E-state index contributed by atoms with van der Waals surface area (Å²) in [4.78, 5) is 12.3. The molecule has 1 saturated heterocycles. The zero-order valence-electron chi connectivity index (χ0n) is 11.1. The summed E-state index contributed by atoms with van der Waals surface area (Å²) < 4.78 is 5.15. The zero-order valence-corrected chi connectivity index (χ0v) is 11.1. The van der Waals surface area contributed by atoms with E-state index in [2.05, 4.69) is 12.2 Å². The minimum Gasteiger partial charge on any atom is -0.388 e. The molecule has 0 radical (unpaired) electrons. The van der Waals surface area contributed by atoms with Crippen molar-refractivity contribution >= 4 is 5.91 Å². The number of hydrogen-bond acceptors (Lipinski definition) is 3. The van der Waals surface area contributed by atoms with E-state index in [9.17, 15) is 9.90 Å². The molecule has 2 aliphatic rings. The largest absolute Gasteiger partial charge is 0.388 e. The molecule has 1 aliphatic heterocycles. The monoisotopic (exact) mass is 261 g/mol. The van der Waals surface area contributed by atoms with E-state index in [1.54, 1.807) is 0 Å². The molecule has 1 amide bonds. The fourth-order valence-electron chi connectivity index (χ4n) is 3.03. The third-order valence-electron chi connectivity index (χ3n) is 4.13. The molecule has 2 atom stereocenters. The number of nitrogens with one attached hydrogen (secondary N) is 1. The van der Waals surface area contributed by atoms with Gasteiger partial charge >= 0.3 is 0 Å².